The minimum atomic E-state index is -0.707. The fourth-order valence-corrected chi connectivity index (χ4v) is 2.34. The molecule has 0 radical (unpaired) electrons. The molecule has 1 fully saturated rings. The molecule has 2 rings (SSSR count). The monoisotopic (exact) mass is 335 g/mol. The van der Waals surface area contributed by atoms with Gasteiger partial charge in [-0.2, -0.15) is 0 Å². The summed E-state index contributed by atoms with van der Waals surface area (Å²) in [6.45, 7) is 7.71. The number of amides is 1. The van der Waals surface area contributed by atoms with E-state index in [0.717, 1.165) is 18.4 Å². The Morgan fingerprint density at radius 2 is 1.96 bits per heavy atom. The second-order valence-corrected chi connectivity index (χ2v) is 6.83. The van der Waals surface area contributed by atoms with Crippen molar-refractivity contribution in [2.24, 2.45) is 0 Å². The zero-order chi connectivity index (χ0) is 17.7. The molecule has 6 nitrogen and oxygen atoms in total. The Hall–Kier alpha value is -2.24. The van der Waals surface area contributed by atoms with Crippen LogP contribution in [0.4, 0.5) is 9.59 Å². The van der Waals surface area contributed by atoms with Crippen LogP contribution in [-0.2, 0) is 9.47 Å². The quantitative estimate of drug-likeness (QED) is 0.650. The van der Waals surface area contributed by atoms with Crippen LogP contribution in [0.25, 0.3) is 0 Å². The van der Waals surface area contributed by atoms with E-state index in [1.807, 2.05) is 39.8 Å². The lowest BCUT2D eigenvalue weighted by molar-refractivity contribution is 0.0522. The highest BCUT2D eigenvalue weighted by Crippen LogP contribution is 2.44. The number of rotatable bonds is 5. The van der Waals surface area contributed by atoms with Crippen LogP contribution in [0, 0.1) is 0 Å². The zero-order valence-corrected chi connectivity index (χ0v) is 14.6. The summed E-state index contributed by atoms with van der Waals surface area (Å²) in [5, 5.41) is 2.84. The summed E-state index contributed by atoms with van der Waals surface area (Å²) in [4.78, 5) is 23.5. The molecule has 1 aromatic rings. The van der Waals surface area contributed by atoms with Crippen LogP contribution in [0.2, 0.25) is 0 Å². The van der Waals surface area contributed by atoms with Gasteiger partial charge in [0, 0.05) is 17.5 Å². The van der Waals surface area contributed by atoms with Crippen molar-refractivity contribution in [3.05, 3.63) is 29.8 Å². The van der Waals surface area contributed by atoms with Crippen molar-refractivity contribution in [3.8, 4) is 5.75 Å². The molecule has 6 heteroatoms. The van der Waals surface area contributed by atoms with Crippen molar-refractivity contribution in [2.75, 3.05) is 6.61 Å². The summed E-state index contributed by atoms with van der Waals surface area (Å²) < 4.78 is 15.5. The summed E-state index contributed by atoms with van der Waals surface area (Å²) in [5.74, 6) is 0.574. The molecule has 1 amide bonds. The topological polar surface area (TPSA) is 73.9 Å². The van der Waals surface area contributed by atoms with Crippen LogP contribution in [0.3, 0.4) is 0 Å². The zero-order valence-electron chi connectivity index (χ0n) is 14.6. The lowest BCUT2D eigenvalue weighted by Gasteiger charge is -2.19. The third kappa shape index (κ3) is 5.44. The Kier molecular flexibility index (Phi) is 5.70. The summed E-state index contributed by atoms with van der Waals surface area (Å²) >= 11 is 0. The first-order chi connectivity index (χ1) is 11.3. The lowest BCUT2D eigenvalue weighted by Crippen LogP contribution is -2.34. The van der Waals surface area contributed by atoms with Crippen LogP contribution in [0.15, 0.2) is 24.3 Å². The molecular weight excluding hydrogens is 310 g/mol. The fraction of sp³-hybridized carbons (Fsp3) is 0.556. The maximum absolute atomic E-state index is 11.8. The normalized spacial score (nSPS) is 19.3. The summed E-state index contributed by atoms with van der Waals surface area (Å²) in [6.07, 6.45) is 0.377. The molecule has 0 bridgehead atoms. The number of hydrogen-bond acceptors (Lipinski definition) is 5. The maximum atomic E-state index is 11.8. The number of para-hydroxylation sites is 1. The van der Waals surface area contributed by atoms with Crippen LogP contribution < -0.4 is 10.1 Å². The number of ether oxygens (including phenoxy) is 3. The van der Waals surface area contributed by atoms with Crippen molar-refractivity contribution in [1.82, 2.24) is 5.32 Å². The van der Waals surface area contributed by atoms with Gasteiger partial charge in [0.1, 0.15) is 11.4 Å². The van der Waals surface area contributed by atoms with Crippen molar-refractivity contribution < 1.29 is 23.8 Å². The molecule has 0 unspecified atom stereocenters. The van der Waals surface area contributed by atoms with E-state index in [-0.39, 0.29) is 12.0 Å². The van der Waals surface area contributed by atoms with Gasteiger partial charge in [-0.1, -0.05) is 25.1 Å². The standard InChI is InChI=1S/C18H25NO5/c1-5-10-22-17(21)23-15-9-7-6-8-12(15)13-11-14(13)19-16(20)24-18(2,3)4/h6-9,13-14H,5,10-11H2,1-4H3,(H,19,20)/t13-,14+/m0/s1. The predicted octanol–water partition coefficient (Wildman–Crippen LogP) is 3.99. The summed E-state index contributed by atoms with van der Waals surface area (Å²) in [7, 11) is 0. The van der Waals surface area contributed by atoms with E-state index in [9.17, 15) is 9.59 Å². The van der Waals surface area contributed by atoms with Crippen LogP contribution >= 0.6 is 0 Å². The molecule has 1 N–H and O–H groups in total. The Labute approximate surface area is 142 Å². The van der Waals surface area contributed by atoms with Gasteiger partial charge >= 0.3 is 12.2 Å². The minimum Gasteiger partial charge on any atom is -0.444 e. The molecule has 2 atom stereocenters. The van der Waals surface area contributed by atoms with Gasteiger partial charge in [-0.3, -0.25) is 0 Å². The van der Waals surface area contributed by atoms with Gasteiger partial charge in [0.05, 0.1) is 6.61 Å². The first kappa shape index (κ1) is 18.1. The predicted molar refractivity (Wildman–Crippen MR) is 89.2 cm³/mol. The molecule has 132 valence electrons. The smallest absolute Gasteiger partial charge is 0.444 e. The number of carbonyl (C=O) groups excluding carboxylic acids is 2. The minimum absolute atomic E-state index is 0.0173. The molecule has 0 saturated heterocycles. The Morgan fingerprint density at radius 3 is 2.62 bits per heavy atom. The van der Waals surface area contributed by atoms with Crippen molar-refractivity contribution >= 4 is 12.2 Å². The first-order valence-corrected chi connectivity index (χ1v) is 8.23. The molecule has 0 aromatic heterocycles. The van der Waals surface area contributed by atoms with E-state index in [0.29, 0.717) is 12.4 Å². The third-order valence-corrected chi connectivity index (χ3v) is 3.43. The molecule has 1 aliphatic carbocycles. The van der Waals surface area contributed by atoms with Gasteiger partial charge in [0.15, 0.2) is 0 Å². The average Bonchev–Trinajstić information content (AvgIpc) is 3.22. The SMILES string of the molecule is CCCOC(=O)Oc1ccccc1[C@@H]1C[C@H]1NC(=O)OC(C)(C)C. The van der Waals surface area contributed by atoms with Crippen LogP contribution in [0.1, 0.15) is 52.0 Å². The number of alkyl carbamates (subject to hydrolysis) is 1. The van der Waals surface area contributed by atoms with Gasteiger partial charge in [-0.15, -0.1) is 0 Å². The van der Waals surface area contributed by atoms with E-state index < -0.39 is 17.8 Å². The van der Waals surface area contributed by atoms with Gasteiger partial charge in [0.2, 0.25) is 0 Å². The van der Waals surface area contributed by atoms with E-state index >= 15 is 0 Å². The molecular formula is C18H25NO5. The second-order valence-electron chi connectivity index (χ2n) is 6.83. The summed E-state index contributed by atoms with van der Waals surface area (Å²) in [5.41, 5.74) is 0.352. The Morgan fingerprint density at radius 1 is 1.25 bits per heavy atom. The van der Waals surface area contributed by atoms with Gasteiger partial charge in [-0.05, 0) is 39.7 Å². The number of hydrogen-bond donors (Lipinski definition) is 1. The number of benzene rings is 1. The molecule has 1 saturated carbocycles. The van der Waals surface area contributed by atoms with Crippen LogP contribution in [0.5, 0.6) is 5.75 Å². The lowest BCUT2D eigenvalue weighted by atomic mass is 10.1. The molecule has 0 aliphatic heterocycles. The highest BCUT2D eigenvalue weighted by Gasteiger charge is 2.42. The summed E-state index contributed by atoms with van der Waals surface area (Å²) in [6, 6.07) is 7.28. The fourth-order valence-electron chi connectivity index (χ4n) is 2.34. The Bertz CT molecular complexity index is 593. The number of nitrogens with one attached hydrogen (secondary N) is 1. The average molecular weight is 335 g/mol. The van der Waals surface area contributed by atoms with E-state index in [1.165, 1.54) is 0 Å². The second kappa shape index (κ2) is 7.55. The van der Waals surface area contributed by atoms with Gasteiger partial charge in [-0.25, -0.2) is 9.59 Å². The van der Waals surface area contributed by atoms with E-state index in [1.54, 1.807) is 12.1 Å². The van der Waals surface area contributed by atoms with Gasteiger partial charge in [0.25, 0.3) is 0 Å². The first-order valence-electron chi connectivity index (χ1n) is 8.23. The molecule has 1 aromatic carbocycles. The third-order valence-electron chi connectivity index (χ3n) is 3.43. The van der Waals surface area contributed by atoms with Crippen molar-refractivity contribution in [1.29, 1.82) is 0 Å². The highest BCUT2D eigenvalue weighted by molar-refractivity contribution is 5.69. The molecule has 0 heterocycles. The van der Waals surface area contributed by atoms with Crippen LogP contribution in [-0.4, -0.2) is 30.5 Å². The molecule has 0 spiro atoms. The highest BCUT2D eigenvalue weighted by atomic mass is 16.7. The largest absolute Gasteiger partial charge is 0.513 e. The molecule has 1 aliphatic rings. The maximum Gasteiger partial charge on any atom is 0.513 e. The van der Waals surface area contributed by atoms with Crippen molar-refractivity contribution in [3.63, 3.8) is 0 Å². The number of carbonyl (C=O) groups is 2. The van der Waals surface area contributed by atoms with Crippen molar-refractivity contribution in [2.45, 2.75) is 58.1 Å². The molecule has 24 heavy (non-hydrogen) atoms. The Balaban J connectivity index is 1.94. The van der Waals surface area contributed by atoms with E-state index in [2.05, 4.69) is 5.32 Å². The van der Waals surface area contributed by atoms with Gasteiger partial charge < -0.3 is 19.5 Å². The van der Waals surface area contributed by atoms with E-state index in [4.69, 9.17) is 14.2 Å².